The van der Waals surface area contributed by atoms with Gasteiger partial charge in [0.1, 0.15) is 5.82 Å². The molecule has 0 fully saturated rings. The Morgan fingerprint density at radius 3 is 2.29 bits per heavy atom. The van der Waals surface area contributed by atoms with E-state index in [-0.39, 0.29) is 11.8 Å². The highest BCUT2D eigenvalue weighted by molar-refractivity contribution is 6.00. The largest absolute Gasteiger partial charge is 0.274 e. The van der Waals surface area contributed by atoms with Gasteiger partial charge in [-0.3, -0.25) is 9.69 Å². The summed E-state index contributed by atoms with van der Waals surface area (Å²) in [6, 6.07) is 15.3. The summed E-state index contributed by atoms with van der Waals surface area (Å²) in [4.78, 5) is 18.9. The number of hydrogen-bond donors (Lipinski definition) is 0. The molecule has 3 nitrogen and oxygen atoms in total. The summed E-state index contributed by atoms with van der Waals surface area (Å²) in [7, 11) is 0. The van der Waals surface area contributed by atoms with Crippen molar-refractivity contribution in [3.8, 4) is 0 Å². The maximum absolute atomic E-state index is 12.9. The summed E-state index contributed by atoms with van der Waals surface area (Å²) in [5.41, 5.74) is 0.858. The molecule has 0 bridgehead atoms. The summed E-state index contributed by atoms with van der Waals surface area (Å²) in [6.45, 7) is 6.26. The lowest BCUT2D eigenvalue weighted by Gasteiger charge is -2.25. The smallest absolute Gasteiger partial charge is 0.235 e. The van der Waals surface area contributed by atoms with Crippen LogP contribution in [0.5, 0.6) is 0 Å². The number of carbonyl (C=O) groups excluding carboxylic acids is 1. The van der Waals surface area contributed by atoms with Gasteiger partial charge in [0.25, 0.3) is 0 Å². The maximum atomic E-state index is 12.9. The van der Waals surface area contributed by atoms with Gasteiger partial charge < -0.3 is 0 Å². The first-order valence-corrected chi connectivity index (χ1v) is 7.39. The second-order valence-electron chi connectivity index (χ2n) is 5.73. The van der Waals surface area contributed by atoms with Crippen LogP contribution in [0.2, 0.25) is 0 Å². The molecule has 110 valence electrons. The fraction of sp³-hybridized carbons (Fsp3) is 0.333. The highest BCUT2D eigenvalue weighted by atomic mass is 16.2. The van der Waals surface area contributed by atoms with E-state index in [1.54, 1.807) is 11.1 Å². The molecule has 2 aromatic rings. The van der Waals surface area contributed by atoms with Crippen LogP contribution in [0.3, 0.4) is 0 Å². The molecule has 1 aromatic carbocycles. The fourth-order valence-electron chi connectivity index (χ4n) is 2.46. The first-order valence-electron chi connectivity index (χ1n) is 7.39. The predicted octanol–water partition coefficient (Wildman–Crippen LogP) is 4.43. The molecule has 0 aliphatic carbocycles. The van der Waals surface area contributed by atoms with Crippen LogP contribution in [0.4, 0.5) is 11.5 Å². The van der Waals surface area contributed by atoms with E-state index < -0.39 is 0 Å². The highest BCUT2D eigenvalue weighted by Crippen LogP contribution is 2.26. The lowest BCUT2D eigenvalue weighted by Crippen LogP contribution is -2.32. The number of anilines is 2. The SMILES string of the molecule is CC(C)C[C@@H](C)C(=O)N(c1ccccc1)c1ccccn1. The van der Waals surface area contributed by atoms with E-state index in [1.807, 2.05) is 55.5 Å². The van der Waals surface area contributed by atoms with E-state index in [1.165, 1.54) is 0 Å². The Morgan fingerprint density at radius 1 is 1.05 bits per heavy atom. The van der Waals surface area contributed by atoms with Crippen LogP contribution in [-0.4, -0.2) is 10.9 Å². The molecule has 2 rings (SSSR count). The zero-order valence-corrected chi connectivity index (χ0v) is 12.9. The third-order valence-electron chi connectivity index (χ3n) is 3.36. The van der Waals surface area contributed by atoms with Crippen molar-refractivity contribution in [1.29, 1.82) is 0 Å². The third-order valence-corrected chi connectivity index (χ3v) is 3.36. The second-order valence-corrected chi connectivity index (χ2v) is 5.73. The average Bonchev–Trinajstić information content (AvgIpc) is 2.49. The Hall–Kier alpha value is -2.16. The zero-order valence-electron chi connectivity index (χ0n) is 12.9. The van der Waals surface area contributed by atoms with Crippen LogP contribution in [0, 0.1) is 11.8 Å². The predicted molar refractivity (Wildman–Crippen MR) is 86.4 cm³/mol. The zero-order chi connectivity index (χ0) is 15.2. The second kappa shape index (κ2) is 7.02. The summed E-state index contributed by atoms with van der Waals surface area (Å²) < 4.78 is 0. The van der Waals surface area contributed by atoms with E-state index in [4.69, 9.17) is 0 Å². The highest BCUT2D eigenvalue weighted by Gasteiger charge is 2.24. The quantitative estimate of drug-likeness (QED) is 0.813. The van der Waals surface area contributed by atoms with Crippen molar-refractivity contribution in [3.63, 3.8) is 0 Å². The molecule has 21 heavy (non-hydrogen) atoms. The molecule has 0 unspecified atom stereocenters. The number of amides is 1. The van der Waals surface area contributed by atoms with Crippen LogP contribution in [0.25, 0.3) is 0 Å². The van der Waals surface area contributed by atoms with Gasteiger partial charge in [0.15, 0.2) is 0 Å². The standard InChI is InChI=1S/C18H22N2O/c1-14(2)13-15(3)18(21)20(16-9-5-4-6-10-16)17-11-7-8-12-19-17/h4-12,14-15H,13H2,1-3H3/t15-/m1/s1. The Kier molecular flexibility index (Phi) is 5.09. The van der Waals surface area contributed by atoms with Crippen LogP contribution in [0.15, 0.2) is 54.7 Å². The number of rotatable bonds is 5. The number of hydrogen-bond acceptors (Lipinski definition) is 2. The molecule has 0 aliphatic rings. The number of para-hydroxylation sites is 1. The Morgan fingerprint density at radius 2 is 1.71 bits per heavy atom. The molecule has 0 saturated carbocycles. The van der Waals surface area contributed by atoms with E-state index in [9.17, 15) is 4.79 Å². The summed E-state index contributed by atoms with van der Waals surface area (Å²) in [5.74, 6) is 1.22. The van der Waals surface area contributed by atoms with Crippen molar-refractivity contribution in [2.24, 2.45) is 11.8 Å². The summed E-state index contributed by atoms with van der Waals surface area (Å²) in [5, 5.41) is 0. The molecule has 1 heterocycles. The molecule has 1 atom stereocenters. The summed E-state index contributed by atoms with van der Waals surface area (Å²) in [6.07, 6.45) is 2.58. The first kappa shape index (κ1) is 15.2. The molecule has 0 spiro atoms. The van der Waals surface area contributed by atoms with Crippen molar-refractivity contribution < 1.29 is 4.79 Å². The van der Waals surface area contributed by atoms with Crippen molar-refractivity contribution in [2.45, 2.75) is 27.2 Å². The molecule has 3 heteroatoms. The molecule has 1 amide bonds. The average molecular weight is 282 g/mol. The van der Waals surface area contributed by atoms with Crippen LogP contribution in [0.1, 0.15) is 27.2 Å². The van der Waals surface area contributed by atoms with Gasteiger partial charge in [0.05, 0.1) is 5.69 Å². The minimum Gasteiger partial charge on any atom is -0.274 e. The van der Waals surface area contributed by atoms with Crippen molar-refractivity contribution >= 4 is 17.4 Å². The van der Waals surface area contributed by atoms with Gasteiger partial charge >= 0.3 is 0 Å². The van der Waals surface area contributed by atoms with Crippen molar-refractivity contribution in [3.05, 3.63) is 54.7 Å². The molecule has 1 aromatic heterocycles. The number of aromatic nitrogens is 1. The Balaban J connectivity index is 2.35. The molecular formula is C18H22N2O. The first-order chi connectivity index (χ1) is 10.1. The van der Waals surface area contributed by atoms with Gasteiger partial charge in [-0.05, 0) is 36.6 Å². The normalized spacial score (nSPS) is 12.2. The Bertz CT molecular complexity index is 527. The molecule has 0 saturated heterocycles. The lowest BCUT2D eigenvalue weighted by atomic mass is 9.97. The topological polar surface area (TPSA) is 33.2 Å². The van der Waals surface area contributed by atoms with E-state index >= 15 is 0 Å². The minimum atomic E-state index is -0.0350. The number of carbonyl (C=O) groups is 1. The van der Waals surface area contributed by atoms with Crippen LogP contribution in [-0.2, 0) is 4.79 Å². The van der Waals surface area contributed by atoms with Gasteiger partial charge in [-0.2, -0.15) is 0 Å². The van der Waals surface area contributed by atoms with E-state index in [0.717, 1.165) is 12.1 Å². The third kappa shape index (κ3) is 3.91. The van der Waals surface area contributed by atoms with Crippen molar-refractivity contribution in [1.82, 2.24) is 4.98 Å². The number of nitrogens with zero attached hydrogens (tertiary/aromatic N) is 2. The molecule has 0 radical (unpaired) electrons. The molecule has 0 N–H and O–H groups in total. The van der Waals surface area contributed by atoms with Crippen molar-refractivity contribution in [2.75, 3.05) is 4.90 Å². The van der Waals surface area contributed by atoms with Gasteiger partial charge in [0.2, 0.25) is 5.91 Å². The Labute approximate surface area is 126 Å². The van der Waals surface area contributed by atoms with Gasteiger partial charge in [-0.1, -0.05) is 45.0 Å². The molecular weight excluding hydrogens is 260 g/mol. The minimum absolute atomic E-state index is 0.0350. The summed E-state index contributed by atoms with van der Waals surface area (Å²) >= 11 is 0. The lowest BCUT2D eigenvalue weighted by molar-refractivity contribution is -0.121. The maximum Gasteiger partial charge on any atom is 0.235 e. The fourth-order valence-corrected chi connectivity index (χ4v) is 2.46. The van der Waals surface area contributed by atoms with Gasteiger partial charge in [-0.25, -0.2) is 4.98 Å². The number of pyridine rings is 1. The van der Waals surface area contributed by atoms with E-state index in [2.05, 4.69) is 18.8 Å². The van der Waals surface area contributed by atoms with Crippen LogP contribution >= 0.6 is 0 Å². The van der Waals surface area contributed by atoms with E-state index in [0.29, 0.717) is 11.7 Å². The van der Waals surface area contributed by atoms with Gasteiger partial charge in [-0.15, -0.1) is 0 Å². The van der Waals surface area contributed by atoms with Crippen LogP contribution < -0.4 is 4.90 Å². The van der Waals surface area contributed by atoms with Gasteiger partial charge in [0, 0.05) is 12.1 Å². The monoisotopic (exact) mass is 282 g/mol. The molecule has 0 aliphatic heterocycles. The number of benzene rings is 1.